The molecule has 11 heteroatoms. The summed E-state index contributed by atoms with van der Waals surface area (Å²) >= 11 is 18.9. The third kappa shape index (κ3) is 8.03. The van der Waals surface area contributed by atoms with Crippen molar-refractivity contribution in [3.63, 3.8) is 0 Å². The molecule has 3 amide bonds. The number of carbonyl (C=O) groups is 4. The van der Waals surface area contributed by atoms with Crippen LogP contribution < -0.4 is 16.0 Å². The van der Waals surface area contributed by atoms with E-state index >= 15 is 0 Å². The van der Waals surface area contributed by atoms with Gasteiger partial charge in [0.25, 0.3) is 0 Å². The largest absolute Gasteiger partial charge is 0.466 e. The molecule has 0 spiro atoms. The molecular formula is C31H30Cl3N3O5. The summed E-state index contributed by atoms with van der Waals surface area (Å²) in [6, 6.07) is 17.1. The summed E-state index contributed by atoms with van der Waals surface area (Å²) < 4.78 is 5.16. The van der Waals surface area contributed by atoms with E-state index < -0.39 is 23.7 Å². The molecule has 3 aromatic carbocycles. The maximum absolute atomic E-state index is 13.4. The van der Waals surface area contributed by atoms with Crippen molar-refractivity contribution in [2.45, 2.75) is 38.6 Å². The van der Waals surface area contributed by atoms with Gasteiger partial charge in [-0.1, -0.05) is 71.2 Å². The number of benzene rings is 3. The maximum atomic E-state index is 13.4. The number of ketones is 1. The first-order valence-corrected chi connectivity index (χ1v) is 14.6. The molecule has 4 rings (SSSR count). The number of Topliss-reactive ketones (excluding diaryl/α,β-unsaturated/α-hetero) is 1. The molecule has 8 nitrogen and oxygen atoms in total. The SMILES string of the molecule is CCOC(=O)C(CNC(=O)NC1CCc2ccccc21)CC(=O)c1c(Cl)ccc(NC(=O)Cc2cccc(Cl)c2)c1Cl. The standard InChI is InChI=1S/C31H30Cl3N3O5/c1-2-42-30(40)20(17-35-31(41)37-24-12-10-19-7-3-4-9-22(19)24)16-26(38)28-23(33)11-13-25(29(28)34)36-27(39)15-18-6-5-8-21(32)14-18/h3-9,11,13-14,20,24H,2,10,12,15-17H2,1H3,(H,36,39)(H2,35,37,41). The van der Waals surface area contributed by atoms with Crippen LogP contribution >= 0.6 is 34.8 Å². The van der Waals surface area contributed by atoms with Gasteiger partial charge in [-0.25, -0.2) is 4.79 Å². The van der Waals surface area contributed by atoms with Gasteiger partial charge in [-0.3, -0.25) is 14.4 Å². The fourth-order valence-corrected chi connectivity index (χ4v) is 5.73. The van der Waals surface area contributed by atoms with Gasteiger partial charge in [0.05, 0.1) is 46.3 Å². The van der Waals surface area contributed by atoms with Crippen molar-refractivity contribution in [3.05, 3.63) is 98.0 Å². The molecule has 1 aliphatic carbocycles. The van der Waals surface area contributed by atoms with E-state index in [1.807, 2.05) is 24.3 Å². The highest BCUT2D eigenvalue weighted by Gasteiger charge is 2.29. The Morgan fingerprint density at radius 2 is 1.79 bits per heavy atom. The number of urea groups is 1. The van der Waals surface area contributed by atoms with Gasteiger partial charge in [0, 0.05) is 18.0 Å². The summed E-state index contributed by atoms with van der Waals surface area (Å²) in [7, 11) is 0. The molecule has 0 saturated carbocycles. The average molecular weight is 631 g/mol. The van der Waals surface area contributed by atoms with E-state index in [0.717, 1.165) is 18.4 Å². The topological polar surface area (TPSA) is 114 Å². The second-order valence-electron chi connectivity index (χ2n) is 9.86. The Labute approximate surface area is 259 Å². The molecule has 0 bridgehead atoms. The molecule has 3 N–H and O–H groups in total. The summed E-state index contributed by atoms with van der Waals surface area (Å²) in [5, 5.41) is 8.84. The smallest absolute Gasteiger partial charge is 0.315 e. The minimum absolute atomic E-state index is 0.0356. The summed E-state index contributed by atoms with van der Waals surface area (Å²) in [5.41, 5.74) is 3.11. The van der Waals surface area contributed by atoms with E-state index in [0.29, 0.717) is 10.6 Å². The number of anilines is 1. The normalized spacial score (nSPS) is 14.4. The van der Waals surface area contributed by atoms with E-state index in [1.54, 1.807) is 31.2 Å². The van der Waals surface area contributed by atoms with Crippen LogP contribution in [0.3, 0.4) is 0 Å². The van der Waals surface area contributed by atoms with Crippen molar-refractivity contribution < 1.29 is 23.9 Å². The molecule has 0 radical (unpaired) electrons. The number of nitrogens with one attached hydrogen (secondary N) is 3. The number of halogens is 3. The predicted molar refractivity (Wildman–Crippen MR) is 163 cm³/mol. The number of hydrogen-bond acceptors (Lipinski definition) is 5. The minimum atomic E-state index is -0.993. The molecule has 0 aliphatic heterocycles. The second kappa shape index (κ2) is 14.5. The first-order chi connectivity index (χ1) is 20.2. The van der Waals surface area contributed by atoms with E-state index in [-0.39, 0.29) is 59.2 Å². The van der Waals surface area contributed by atoms with Gasteiger partial charge in [0.1, 0.15) is 0 Å². The number of ether oxygens (including phenoxy) is 1. The lowest BCUT2D eigenvalue weighted by atomic mass is 9.97. The third-order valence-corrected chi connectivity index (χ3v) is 7.84. The number of amides is 3. The van der Waals surface area contributed by atoms with Crippen LogP contribution in [0.1, 0.15) is 52.9 Å². The summed E-state index contributed by atoms with van der Waals surface area (Å²) in [4.78, 5) is 51.5. The number of esters is 1. The minimum Gasteiger partial charge on any atom is -0.466 e. The van der Waals surface area contributed by atoms with Gasteiger partial charge in [-0.15, -0.1) is 0 Å². The first kappa shape index (κ1) is 31.3. The highest BCUT2D eigenvalue weighted by molar-refractivity contribution is 6.41. The van der Waals surface area contributed by atoms with E-state index in [1.165, 1.54) is 17.7 Å². The van der Waals surface area contributed by atoms with Gasteiger partial charge >= 0.3 is 12.0 Å². The average Bonchev–Trinajstić information content (AvgIpc) is 3.35. The molecule has 1 aliphatic rings. The van der Waals surface area contributed by atoms with Crippen LogP contribution in [0.4, 0.5) is 10.5 Å². The zero-order valence-electron chi connectivity index (χ0n) is 22.8. The molecule has 220 valence electrons. The fraction of sp³-hybridized carbons (Fsp3) is 0.290. The van der Waals surface area contributed by atoms with Crippen molar-refractivity contribution in [2.75, 3.05) is 18.5 Å². The summed E-state index contributed by atoms with van der Waals surface area (Å²) in [6.07, 6.45) is 1.34. The molecule has 0 heterocycles. The lowest BCUT2D eigenvalue weighted by molar-refractivity contribution is -0.147. The Morgan fingerprint density at radius 1 is 1.00 bits per heavy atom. The highest BCUT2D eigenvalue weighted by atomic mass is 35.5. The maximum Gasteiger partial charge on any atom is 0.315 e. The summed E-state index contributed by atoms with van der Waals surface area (Å²) in [5.74, 6) is -2.55. The molecule has 0 fully saturated rings. The van der Waals surface area contributed by atoms with Gasteiger partial charge in [-0.2, -0.15) is 0 Å². The quantitative estimate of drug-likeness (QED) is 0.164. The molecule has 3 aromatic rings. The lowest BCUT2D eigenvalue weighted by Crippen LogP contribution is -2.42. The molecule has 42 heavy (non-hydrogen) atoms. The number of hydrogen-bond donors (Lipinski definition) is 3. The van der Waals surface area contributed by atoms with E-state index in [2.05, 4.69) is 16.0 Å². The molecule has 0 aromatic heterocycles. The fourth-order valence-electron chi connectivity index (χ4n) is 4.89. The molecule has 2 unspecified atom stereocenters. The van der Waals surface area contributed by atoms with Crippen LogP contribution in [0.2, 0.25) is 15.1 Å². The summed E-state index contributed by atoms with van der Waals surface area (Å²) in [6.45, 7) is 1.61. The van der Waals surface area contributed by atoms with E-state index in [4.69, 9.17) is 39.5 Å². The number of fused-ring (bicyclic) bond motifs is 1. The van der Waals surface area contributed by atoms with Crippen molar-refractivity contribution in [2.24, 2.45) is 5.92 Å². The van der Waals surface area contributed by atoms with Gasteiger partial charge in [-0.05, 0) is 60.7 Å². The highest BCUT2D eigenvalue weighted by Crippen LogP contribution is 2.34. The van der Waals surface area contributed by atoms with Crippen molar-refractivity contribution in [3.8, 4) is 0 Å². The van der Waals surface area contributed by atoms with Crippen LogP contribution in [0, 0.1) is 5.92 Å². The zero-order chi connectivity index (χ0) is 30.2. The van der Waals surface area contributed by atoms with Crippen LogP contribution in [-0.4, -0.2) is 36.8 Å². The third-order valence-electron chi connectivity index (χ3n) is 6.90. The van der Waals surface area contributed by atoms with Crippen LogP contribution in [0.5, 0.6) is 0 Å². The van der Waals surface area contributed by atoms with Crippen LogP contribution in [-0.2, 0) is 27.2 Å². The Morgan fingerprint density at radius 3 is 2.55 bits per heavy atom. The Balaban J connectivity index is 1.42. The van der Waals surface area contributed by atoms with Gasteiger partial charge in [0.15, 0.2) is 5.78 Å². The van der Waals surface area contributed by atoms with E-state index in [9.17, 15) is 19.2 Å². The lowest BCUT2D eigenvalue weighted by Gasteiger charge is -2.19. The van der Waals surface area contributed by atoms with Crippen molar-refractivity contribution >= 4 is 64.2 Å². The Bertz CT molecular complexity index is 1500. The van der Waals surface area contributed by atoms with Gasteiger partial charge < -0.3 is 20.7 Å². The zero-order valence-corrected chi connectivity index (χ0v) is 25.1. The first-order valence-electron chi connectivity index (χ1n) is 13.5. The molecule has 0 saturated heterocycles. The Kier molecular flexibility index (Phi) is 10.8. The monoisotopic (exact) mass is 629 g/mol. The number of aryl methyl sites for hydroxylation is 1. The van der Waals surface area contributed by atoms with Crippen molar-refractivity contribution in [1.29, 1.82) is 0 Å². The second-order valence-corrected chi connectivity index (χ2v) is 11.1. The number of rotatable bonds is 11. The number of carbonyl (C=O) groups excluding carboxylic acids is 4. The predicted octanol–water partition coefficient (Wildman–Crippen LogP) is 6.57. The molecular weight excluding hydrogens is 601 g/mol. The van der Waals surface area contributed by atoms with Crippen molar-refractivity contribution in [1.82, 2.24) is 10.6 Å². The van der Waals surface area contributed by atoms with Crippen LogP contribution in [0.25, 0.3) is 0 Å². The Hall–Kier alpha value is -3.59. The van der Waals surface area contributed by atoms with Gasteiger partial charge in [0.2, 0.25) is 5.91 Å². The van der Waals surface area contributed by atoms with Crippen LogP contribution in [0.15, 0.2) is 60.7 Å². The molecule has 2 atom stereocenters.